The molecule has 7 heteroatoms. The van der Waals surface area contributed by atoms with Gasteiger partial charge in [-0.1, -0.05) is 0 Å². The number of benzene rings is 1. The summed E-state index contributed by atoms with van der Waals surface area (Å²) < 4.78 is 31.2. The second-order valence-electron chi connectivity index (χ2n) is 6.72. The molecule has 1 aliphatic rings. The van der Waals surface area contributed by atoms with Crippen molar-refractivity contribution in [3.05, 3.63) is 29.6 Å². The highest BCUT2D eigenvalue weighted by molar-refractivity contribution is 6.48. The molecule has 1 fully saturated rings. The summed E-state index contributed by atoms with van der Waals surface area (Å²) in [6.07, 6.45) is -0.305. The number of hydrogen-bond donors (Lipinski definition) is 1. The minimum absolute atomic E-state index is 0.213. The van der Waals surface area contributed by atoms with Crippen molar-refractivity contribution in [2.75, 3.05) is 7.11 Å². The first-order valence-electron chi connectivity index (χ1n) is 7.48. The van der Waals surface area contributed by atoms with E-state index in [-0.39, 0.29) is 12.0 Å². The first kappa shape index (κ1) is 17.8. The van der Waals surface area contributed by atoms with Gasteiger partial charge in [0.15, 0.2) is 0 Å². The lowest BCUT2D eigenvalue weighted by Gasteiger charge is -2.32. The van der Waals surface area contributed by atoms with Crippen molar-refractivity contribution in [2.24, 2.45) is 0 Å². The maximum atomic E-state index is 14.3. The highest BCUT2D eigenvalue weighted by Gasteiger charge is 2.54. The van der Waals surface area contributed by atoms with E-state index in [9.17, 15) is 14.3 Å². The van der Waals surface area contributed by atoms with Crippen LogP contribution in [0, 0.1) is 5.82 Å². The molecule has 1 aromatic carbocycles. The summed E-state index contributed by atoms with van der Waals surface area (Å²) in [4.78, 5) is 11.3. The van der Waals surface area contributed by atoms with Gasteiger partial charge in [0.25, 0.3) is 0 Å². The van der Waals surface area contributed by atoms with Crippen LogP contribution in [0.3, 0.4) is 0 Å². The van der Waals surface area contributed by atoms with Crippen molar-refractivity contribution >= 4 is 13.1 Å². The normalized spacial score (nSPS) is 20.3. The predicted octanol–water partition coefficient (Wildman–Crippen LogP) is 3.02. The summed E-state index contributed by atoms with van der Waals surface area (Å²) >= 11 is 0. The van der Waals surface area contributed by atoms with Crippen molar-refractivity contribution in [3.63, 3.8) is 0 Å². The molecule has 0 saturated carbocycles. The molecule has 23 heavy (non-hydrogen) atoms. The number of halogens is 1. The van der Waals surface area contributed by atoms with Crippen LogP contribution in [0.2, 0.25) is 0 Å². The van der Waals surface area contributed by atoms with Gasteiger partial charge in [0.05, 0.1) is 24.7 Å². The Hall–Kier alpha value is -1.60. The quantitative estimate of drug-likeness (QED) is 0.844. The van der Waals surface area contributed by atoms with Gasteiger partial charge in [-0.15, -0.1) is 0 Å². The molecule has 0 amide bonds. The van der Waals surface area contributed by atoms with Crippen LogP contribution >= 0.6 is 0 Å². The number of hydrogen-bond acceptors (Lipinski definition) is 4. The van der Waals surface area contributed by atoms with Crippen LogP contribution < -0.4 is 4.74 Å². The second kappa shape index (κ2) is 6.13. The highest BCUT2D eigenvalue weighted by atomic mass is 19.1. The minimum Gasteiger partial charge on any atom is -0.497 e. The number of carbonyl (C=O) groups is 1. The van der Waals surface area contributed by atoms with Crippen molar-refractivity contribution < 1.29 is 28.3 Å². The van der Waals surface area contributed by atoms with Crippen LogP contribution in [-0.2, 0) is 14.1 Å². The summed E-state index contributed by atoms with van der Waals surface area (Å²) in [5, 5.41) is 9.22. The van der Waals surface area contributed by atoms with Crippen LogP contribution in [0.5, 0.6) is 5.75 Å². The molecule has 0 aromatic heterocycles. The molecule has 1 unspecified atom stereocenters. The third kappa shape index (κ3) is 3.51. The smallest absolute Gasteiger partial charge is 0.466 e. The van der Waals surface area contributed by atoms with Crippen LogP contribution in [0.25, 0.3) is 0 Å². The number of ether oxygens (including phenoxy) is 1. The van der Waals surface area contributed by atoms with Crippen LogP contribution in [0.1, 0.15) is 45.5 Å². The molecular weight excluding hydrogens is 302 g/mol. The third-order valence-corrected chi connectivity index (χ3v) is 4.60. The second-order valence-corrected chi connectivity index (χ2v) is 6.72. The average molecular weight is 324 g/mol. The monoisotopic (exact) mass is 324 g/mol. The predicted molar refractivity (Wildman–Crippen MR) is 84.0 cm³/mol. The number of aliphatic carboxylic acids is 1. The molecule has 1 atom stereocenters. The van der Waals surface area contributed by atoms with E-state index >= 15 is 0 Å². The summed E-state index contributed by atoms with van der Waals surface area (Å²) in [6.45, 7) is 7.47. The van der Waals surface area contributed by atoms with Gasteiger partial charge in [-0.2, -0.15) is 0 Å². The lowest BCUT2D eigenvalue weighted by atomic mass is 9.66. The molecule has 5 nitrogen and oxygen atoms in total. The molecule has 1 aromatic rings. The van der Waals surface area contributed by atoms with E-state index in [1.54, 1.807) is 0 Å². The maximum absolute atomic E-state index is 14.3. The zero-order valence-corrected chi connectivity index (χ0v) is 14.1. The first-order chi connectivity index (χ1) is 10.6. The largest absolute Gasteiger partial charge is 0.497 e. The standard InChI is InChI=1S/C16H22BFO5/c1-15(2)16(3,4)23-17(22-15)12(9-14(19)20)11-8-10(21-5)6-7-13(11)18/h6-8,12H,9H2,1-5H3,(H,19,20). The van der Waals surface area contributed by atoms with Crippen LogP contribution in [-0.4, -0.2) is 36.5 Å². The molecule has 1 aliphatic heterocycles. The van der Waals surface area contributed by atoms with Gasteiger partial charge in [-0.3, -0.25) is 4.79 Å². The van der Waals surface area contributed by atoms with E-state index < -0.39 is 35.9 Å². The summed E-state index contributed by atoms with van der Waals surface area (Å²) in [7, 11) is 0.621. The topological polar surface area (TPSA) is 65.0 Å². The summed E-state index contributed by atoms with van der Waals surface area (Å²) in [5.74, 6) is -1.88. The van der Waals surface area contributed by atoms with E-state index in [4.69, 9.17) is 14.0 Å². The molecule has 0 aliphatic carbocycles. The van der Waals surface area contributed by atoms with E-state index in [1.165, 1.54) is 25.3 Å². The van der Waals surface area contributed by atoms with E-state index in [2.05, 4.69) is 0 Å². The number of carboxylic acid groups (broad SMARTS) is 1. The SMILES string of the molecule is COc1ccc(F)c(C(CC(=O)O)B2OC(C)(C)C(C)(C)O2)c1. The van der Waals surface area contributed by atoms with Crippen LogP contribution in [0.15, 0.2) is 18.2 Å². The first-order valence-corrected chi connectivity index (χ1v) is 7.48. The van der Waals surface area contributed by atoms with E-state index in [1.807, 2.05) is 27.7 Å². The van der Waals surface area contributed by atoms with Gasteiger partial charge >= 0.3 is 13.1 Å². The van der Waals surface area contributed by atoms with Crippen molar-refractivity contribution in [1.29, 1.82) is 0 Å². The highest BCUT2D eigenvalue weighted by Crippen LogP contribution is 2.42. The number of methoxy groups -OCH3 is 1. The summed E-state index contributed by atoms with van der Waals surface area (Å²) in [5.41, 5.74) is -1.03. The van der Waals surface area contributed by atoms with Gasteiger partial charge < -0.3 is 19.2 Å². The molecular formula is C16H22BFO5. The Morgan fingerprint density at radius 3 is 2.35 bits per heavy atom. The minimum atomic E-state index is -1.05. The fourth-order valence-corrected chi connectivity index (χ4v) is 2.53. The van der Waals surface area contributed by atoms with Gasteiger partial charge in [0.2, 0.25) is 0 Å². The van der Waals surface area contributed by atoms with Gasteiger partial charge in [0.1, 0.15) is 11.6 Å². The molecule has 1 N–H and O–H groups in total. The van der Waals surface area contributed by atoms with E-state index in [0.717, 1.165) is 0 Å². The van der Waals surface area contributed by atoms with Crippen molar-refractivity contribution in [1.82, 2.24) is 0 Å². The fraction of sp³-hybridized carbons (Fsp3) is 0.562. The Labute approximate surface area is 135 Å². The molecule has 0 bridgehead atoms. The molecule has 126 valence electrons. The molecule has 0 radical (unpaired) electrons. The van der Waals surface area contributed by atoms with Gasteiger partial charge in [-0.25, -0.2) is 4.39 Å². The van der Waals surface area contributed by atoms with Crippen molar-refractivity contribution in [2.45, 2.75) is 51.1 Å². The Morgan fingerprint density at radius 2 is 1.87 bits per heavy atom. The zero-order chi connectivity index (χ0) is 17.4. The third-order valence-electron chi connectivity index (χ3n) is 4.60. The van der Waals surface area contributed by atoms with Crippen LogP contribution in [0.4, 0.5) is 4.39 Å². The zero-order valence-electron chi connectivity index (χ0n) is 14.1. The van der Waals surface area contributed by atoms with Gasteiger partial charge in [0, 0.05) is 5.82 Å². The van der Waals surface area contributed by atoms with Gasteiger partial charge in [-0.05, 0) is 51.5 Å². The lowest BCUT2D eigenvalue weighted by molar-refractivity contribution is -0.137. The Balaban J connectivity index is 2.41. The molecule has 2 rings (SSSR count). The maximum Gasteiger partial charge on any atom is 0.466 e. The Kier molecular flexibility index (Phi) is 4.73. The number of carboxylic acids is 1. The Bertz CT molecular complexity index is 586. The number of rotatable bonds is 5. The fourth-order valence-electron chi connectivity index (χ4n) is 2.53. The lowest BCUT2D eigenvalue weighted by Crippen LogP contribution is -2.41. The van der Waals surface area contributed by atoms with E-state index in [0.29, 0.717) is 5.75 Å². The van der Waals surface area contributed by atoms with Crippen molar-refractivity contribution in [3.8, 4) is 5.75 Å². The summed E-state index contributed by atoms with van der Waals surface area (Å²) in [6, 6.07) is 4.24. The average Bonchev–Trinajstić information content (AvgIpc) is 2.65. The molecule has 1 saturated heterocycles. The molecule has 1 heterocycles. The molecule has 0 spiro atoms. The Morgan fingerprint density at radius 1 is 1.30 bits per heavy atom.